The van der Waals surface area contributed by atoms with Crippen LogP contribution in [-0.2, 0) is 0 Å². The number of carbonyl (C=O) groups is 1. The van der Waals surface area contributed by atoms with Gasteiger partial charge in [0.15, 0.2) is 0 Å². The lowest BCUT2D eigenvalue weighted by Crippen LogP contribution is -2.26. The van der Waals surface area contributed by atoms with Crippen LogP contribution in [0, 0.1) is 6.92 Å². The van der Waals surface area contributed by atoms with E-state index in [0.29, 0.717) is 18.5 Å². The first kappa shape index (κ1) is 17.8. The van der Waals surface area contributed by atoms with Crippen LogP contribution in [0.15, 0.2) is 72.9 Å². The first-order chi connectivity index (χ1) is 12.7. The van der Waals surface area contributed by atoms with E-state index in [4.69, 9.17) is 0 Å². The molecule has 4 nitrogen and oxygen atoms in total. The Balaban J connectivity index is 1.65. The number of hydrogen-bond donors (Lipinski definition) is 2. The normalized spacial score (nSPS) is 11.8. The van der Waals surface area contributed by atoms with E-state index < -0.39 is 6.10 Å². The zero-order chi connectivity index (χ0) is 18.4. The highest BCUT2D eigenvalue weighted by Crippen LogP contribution is 2.24. The Morgan fingerprint density at radius 3 is 2.54 bits per heavy atom. The van der Waals surface area contributed by atoms with Crippen molar-refractivity contribution in [3.05, 3.63) is 89.6 Å². The first-order valence-corrected chi connectivity index (χ1v) is 8.69. The second kappa shape index (κ2) is 8.41. The molecule has 0 aliphatic carbocycles. The summed E-state index contributed by atoms with van der Waals surface area (Å²) in [6, 6.07) is 20.8. The highest BCUT2D eigenvalue weighted by molar-refractivity contribution is 5.97. The van der Waals surface area contributed by atoms with Crippen LogP contribution in [0.3, 0.4) is 0 Å². The molecule has 2 N–H and O–H groups in total. The molecule has 1 unspecified atom stereocenters. The molecule has 1 heterocycles. The van der Waals surface area contributed by atoms with Crippen LogP contribution in [0.4, 0.5) is 0 Å². The minimum absolute atomic E-state index is 0.138. The summed E-state index contributed by atoms with van der Waals surface area (Å²) < 4.78 is 0. The van der Waals surface area contributed by atoms with Gasteiger partial charge in [-0.05, 0) is 42.7 Å². The van der Waals surface area contributed by atoms with E-state index in [1.54, 1.807) is 6.20 Å². The first-order valence-electron chi connectivity index (χ1n) is 8.69. The number of nitrogens with zero attached hydrogens (tertiary/aromatic N) is 1. The second-order valence-corrected chi connectivity index (χ2v) is 6.16. The van der Waals surface area contributed by atoms with E-state index in [1.165, 1.54) is 0 Å². The van der Waals surface area contributed by atoms with E-state index in [-0.39, 0.29) is 5.91 Å². The summed E-state index contributed by atoms with van der Waals surface area (Å²) >= 11 is 0. The molecule has 132 valence electrons. The third kappa shape index (κ3) is 4.16. The van der Waals surface area contributed by atoms with Crippen molar-refractivity contribution in [2.24, 2.45) is 0 Å². The van der Waals surface area contributed by atoms with Crippen molar-refractivity contribution in [2.75, 3.05) is 6.54 Å². The number of amides is 1. The molecule has 1 atom stereocenters. The lowest BCUT2D eigenvalue weighted by molar-refractivity contribution is 0.0942. The Hall–Kier alpha value is -2.98. The molecule has 1 aromatic heterocycles. The predicted molar refractivity (Wildman–Crippen MR) is 103 cm³/mol. The Kier molecular flexibility index (Phi) is 5.77. The molecule has 0 aliphatic rings. The van der Waals surface area contributed by atoms with Gasteiger partial charge in [-0.3, -0.25) is 9.78 Å². The molecule has 0 fully saturated rings. The van der Waals surface area contributed by atoms with Crippen molar-refractivity contribution >= 4 is 5.91 Å². The SMILES string of the molecule is Cc1c(C(=O)NCCC(O)c2ccccc2)cccc1-c1ccccn1. The highest BCUT2D eigenvalue weighted by Gasteiger charge is 2.14. The molecule has 0 radical (unpaired) electrons. The average Bonchev–Trinajstić information content (AvgIpc) is 2.69. The van der Waals surface area contributed by atoms with Crippen molar-refractivity contribution in [3.63, 3.8) is 0 Å². The fourth-order valence-electron chi connectivity index (χ4n) is 2.94. The summed E-state index contributed by atoms with van der Waals surface area (Å²) in [4.78, 5) is 16.9. The monoisotopic (exact) mass is 346 g/mol. The number of aromatic nitrogens is 1. The summed E-state index contributed by atoms with van der Waals surface area (Å²) in [6.07, 6.45) is 1.62. The van der Waals surface area contributed by atoms with E-state index in [9.17, 15) is 9.90 Å². The third-order valence-electron chi connectivity index (χ3n) is 4.41. The van der Waals surface area contributed by atoms with Gasteiger partial charge in [0, 0.05) is 23.9 Å². The molecule has 3 aromatic rings. The predicted octanol–water partition coefficient (Wildman–Crippen LogP) is 3.91. The summed E-state index contributed by atoms with van der Waals surface area (Å²) in [5, 5.41) is 13.1. The number of carbonyl (C=O) groups excluding carboxylic acids is 1. The summed E-state index contributed by atoms with van der Waals surface area (Å²) in [6.45, 7) is 2.33. The topological polar surface area (TPSA) is 62.2 Å². The van der Waals surface area contributed by atoms with Gasteiger partial charge in [0.1, 0.15) is 0 Å². The van der Waals surface area contributed by atoms with Gasteiger partial charge < -0.3 is 10.4 Å². The number of rotatable bonds is 6. The summed E-state index contributed by atoms with van der Waals surface area (Å²) in [7, 11) is 0. The van der Waals surface area contributed by atoms with Crippen LogP contribution in [0.25, 0.3) is 11.3 Å². The number of nitrogens with one attached hydrogen (secondary N) is 1. The molecular formula is C22H22N2O2. The lowest BCUT2D eigenvalue weighted by Gasteiger charge is -2.13. The van der Waals surface area contributed by atoms with E-state index in [1.807, 2.05) is 73.7 Å². The molecule has 2 aromatic carbocycles. The fraction of sp³-hybridized carbons (Fsp3) is 0.182. The van der Waals surface area contributed by atoms with Crippen LogP contribution in [0.5, 0.6) is 0 Å². The number of aliphatic hydroxyl groups excluding tert-OH is 1. The molecule has 4 heteroatoms. The van der Waals surface area contributed by atoms with Crippen molar-refractivity contribution in [1.29, 1.82) is 0 Å². The zero-order valence-electron chi connectivity index (χ0n) is 14.7. The molecule has 0 spiro atoms. The molecule has 0 bridgehead atoms. The maximum Gasteiger partial charge on any atom is 0.251 e. The van der Waals surface area contributed by atoms with E-state index in [0.717, 1.165) is 22.4 Å². The van der Waals surface area contributed by atoms with E-state index in [2.05, 4.69) is 10.3 Å². The number of benzene rings is 2. The average molecular weight is 346 g/mol. The van der Waals surface area contributed by atoms with Crippen LogP contribution in [-0.4, -0.2) is 22.5 Å². The second-order valence-electron chi connectivity index (χ2n) is 6.16. The Morgan fingerprint density at radius 1 is 1.04 bits per heavy atom. The van der Waals surface area contributed by atoms with Gasteiger partial charge in [0.2, 0.25) is 0 Å². The minimum Gasteiger partial charge on any atom is -0.388 e. The van der Waals surface area contributed by atoms with Crippen LogP contribution >= 0.6 is 0 Å². The maximum atomic E-state index is 12.6. The van der Waals surface area contributed by atoms with Crippen LogP contribution in [0.2, 0.25) is 0 Å². The van der Waals surface area contributed by atoms with Gasteiger partial charge in [-0.2, -0.15) is 0 Å². The van der Waals surface area contributed by atoms with Gasteiger partial charge in [0.25, 0.3) is 5.91 Å². The van der Waals surface area contributed by atoms with Gasteiger partial charge in [-0.15, -0.1) is 0 Å². The Labute approximate surface area is 153 Å². The summed E-state index contributed by atoms with van der Waals surface area (Å²) in [5.74, 6) is -0.138. The van der Waals surface area contributed by atoms with Gasteiger partial charge in [-0.1, -0.05) is 48.5 Å². The quantitative estimate of drug-likeness (QED) is 0.711. The molecule has 26 heavy (non-hydrogen) atoms. The van der Waals surface area contributed by atoms with Gasteiger partial charge in [-0.25, -0.2) is 0 Å². The van der Waals surface area contributed by atoms with Crippen molar-refractivity contribution < 1.29 is 9.90 Å². The highest BCUT2D eigenvalue weighted by atomic mass is 16.3. The maximum absolute atomic E-state index is 12.6. The van der Waals surface area contributed by atoms with Crippen LogP contribution in [0.1, 0.15) is 34.0 Å². The molecule has 0 aliphatic heterocycles. The van der Waals surface area contributed by atoms with Gasteiger partial charge in [0.05, 0.1) is 11.8 Å². The van der Waals surface area contributed by atoms with Crippen LogP contribution < -0.4 is 5.32 Å². The molecular weight excluding hydrogens is 324 g/mol. The van der Waals surface area contributed by atoms with E-state index >= 15 is 0 Å². The molecule has 3 rings (SSSR count). The molecule has 1 amide bonds. The summed E-state index contributed by atoms with van der Waals surface area (Å²) in [5.41, 5.74) is 4.17. The Morgan fingerprint density at radius 2 is 1.81 bits per heavy atom. The van der Waals surface area contributed by atoms with Gasteiger partial charge >= 0.3 is 0 Å². The number of aliphatic hydroxyl groups is 1. The zero-order valence-corrected chi connectivity index (χ0v) is 14.7. The number of hydrogen-bond acceptors (Lipinski definition) is 3. The minimum atomic E-state index is -0.586. The third-order valence-corrected chi connectivity index (χ3v) is 4.41. The Bertz CT molecular complexity index is 864. The van der Waals surface area contributed by atoms with Crippen molar-refractivity contribution in [2.45, 2.75) is 19.4 Å². The van der Waals surface area contributed by atoms with Crippen molar-refractivity contribution in [1.82, 2.24) is 10.3 Å². The smallest absolute Gasteiger partial charge is 0.251 e. The lowest BCUT2D eigenvalue weighted by atomic mass is 9.99. The standard InChI is InChI=1S/C22H22N2O2/c1-16-18(20-12-5-6-14-23-20)10-7-11-19(16)22(26)24-15-13-21(25)17-8-3-2-4-9-17/h2-12,14,21,25H,13,15H2,1H3,(H,24,26). The largest absolute Gasteiger partial charge is 0.388 e. The molecule has 0 saturated carbocycles. The molecule has 0 saturated heterocycles. The van der Waals surface area contributed by atoms with Crippen molar-refractivity contribution in [3.8, 4) is 11.3 Å². The number of pyridine rings is 1. The fourth-order valence-corrected chi connectivity index (χ4v) is 2.94.